The molecule has 4 saturated carbocycles. The van der Waals surface area contributed by atoms with Gasteiger partial charge in [0.05, 0.1) is 56.8 Å². The third-order valence-electron chi connectivity index (χ3n) is 22.6. The number of hydrogen-bond acceptors (Lipinski definition) is 23. The predicted molar refractivity (Wildman–Crippen MR) is 419 cm³/mol. The number of anilines is 2. The van der Waals surface area contributed by atoms with E-state index in [9.17, 15) is 53.1 Å². The van der Waals surface area contributed by atoms with Crippen molar-refractivity contribution in [2.75, 3.05) is 45.1 Å². The first-order chi connectivity index (χ1) is 54.4. The number of fused-ring (bicyclic) bond motifs is 6. The second kappa shape index (κ2) is 35.3. The number of pyridine rings is 2. The number of carbonyl (C=O) groups is 10. The quantitative estimate of drug-likeness (QED) is 0.0269. The Balaban J connectivity index is 0.000000198. The van der Waals surface area contributed by atoms with Crippen LogP contribution in [0, 0.1) is 25.7 Å². The summed E-state index contributed by atoms with van der Waals surface area (Å²) in [5.41, 5.74) is 2.00. The summed E-state index contributed by atoms with van der Waals surface area (Å²) in [6.07, 6.45) is 19.4. The number of aliphatic carboxylic acids is 1. The molecular formula is C81H98N12O18S2. The van der Waals surface area contributed by atoms with Crippen LogP contribution in [-0.4, -0.2) is 188 Å². The van der Waals surface area contributed by atoms with E-state index in [1.54, 1.807) is 37.1 Å². The van der Waals surface area contributed by atoms with Gasteiger partial charge in [0.1, 0.15) is 94.0 Å². The van der Waals surface area contributed by atoms with Gasteiger partial charge in [-0.25, -0.2) is 39.1 Å². The van der Waals surface area contributed by atoms with Gasteiger partial charge in [0.2, 0.25) is 35.4 Å². The molecule has 8 aliphatic rings. The zero-order valence-electron chi connectivity index (χ0n) is 64.6. The van der Waals surface area contributed by atoms with Gasteiger partial charge in [0.15, 0.2) is 10.3 Å². The number of hydrogen-bond donors (Lipinski definition) is 7. The molecule has 2 saturated heterocycles. The Morgan fingerprint density at radius 2 is 0.938 bits per heavy atom. The minimum Gasteiger partial charge on any atom is -0.496 e. The van der Waals surface area contributed by atoms with Gasteiger partial charge < -0.3 is 80.0 Å². The van der Waals surface area contributed by atoms with Crippen molar-refractivity contribution in [3.05, 3.63) is 82.6 Å². The number of methoxy groups -OCH3 is 3. The highest BCUT2D eigenvalue weighted by molar-refractivity contribution is 7.14. The van der Waals surface area contributed by atoms with Crippen LogP contribution in [0.1, 0.15) is 166 Å². The number of benzene rings is 2. The molecule has 6 fully saturated rings. The molecule has 602 valence electrons. The molecule has 32 heteroatoms. The minimum absolute atomic E-state index is 0.00611. The van der Waals surface area contributed by atoms with Crippen molar-refractivity contribution in [3.8, 4) is 45.8 Å². The van der Waals surface area contributed by atoms with Crippen molar-refractivity contribution in [2.45, 2.75) is 229 Å². The first-order valence-corrected chi connectivity index (χ1v) is 40.8. The van der Waals surface area contributed by atoms with E-state index in [1.165, 1.54) is 53.4 Å². The summed E-state index contributed by atoms with van der Waals surface area (Å²) >= 11 is 2.52. The minimum atomic E-state index is -1.47. The Bertz CT molecular complexity index is 4690. The van der Waals surface area contributed by atoms with E-state index in [0.29, 0.717) is 110 Å². The predicted octanol–water partition coefficient (Wildman–Crippen LogP) is 11.1. The lowest BCUT2D eigenvalue weighted by atomic mass is 10.0. The molecule has 2 unspecified atom stereocenters. The average molecular weight is 1590 g/mol. The molecule has 113 heavy (non-hydrogen) atoms. The normalized spacial score (nSPS) is 26.1. The highest BCUT2D eigenvalue weighted by Gasteiger charge is 2.63. The van der Waals surface area contributed by atoms with Crippen molar-refractivity contribution in [3.63, 3.8) is 0 Å². The molecule has 2 aromatic carbocycles. The topological polar surface area (TPSA) is 386 Å². The number of ether oxygens (including phenoxy) is 7. The van der Waals surface area contributed by atoms with Gasteiger partial charge >= 0.3 is 24.1 Å². The van der Waals surface area contributed by atoms with Crippen molar-refractivity contribution < 1.29 is 86.2 Å². The number of carboxylic acid groups (broad SMARTS) is 1. The Labute approximate surface area is 662 Å². The Morgan fingerprint density at radius 3 is 1.35 bits per heavy atom. The van der Waals surface area contributed by atoms with Gasteiger partial charge in [0, 0.05) is 83.3 Å². The van der Waals surface area contributed by atoms with Crippen LogP contribution in [0.2, 0.25) is 0 Å². The fourth-order valence-electron chi connectivity index (χ4n) is 16.3. The fourth-order valence-corrected chi connectivity index (χ4v) is 17.8. The molecule has 4 aliphatic heterocycles. The number of amides is 8. The summed E-state index contributed by atoms with van der Waals surface area (Å²) in [7, 11) is 4.45. The molecule has 0 spiro atoms. The van der Waals surface area contributed by atoms with Crippen LogP contribution >= 0.6 is 22.7 Å². The van der Waals surface area contributed by atoms with Gasteiger partial charge in [0.25, 0.3) is 0 Å². The summed E-state index contributed by atoms with van der Waals surface area (Å²) in [6.45, 7) is 6.60. The maximum atomic E-state index is 14.6. The number of nitrogens with zero attached hydrogens (tertiary/aromatic N) is 6. The molecule has 7 N–H and O–H groups in total. The maximum Gasteiger partial charge on any atom is 0.408 e. The van der Waals surface area contributed by atoms with Gasteiger partial charge in [-0.3, -0.25) is 28.8 Å². The molecule has 14 rings (SSSR count). The van der Waals surface area contributed by atoms with E-state index >= 15 is 0 Å². The second-order valence-electron chi connectivity index (χ2n) is 30.5. The number of nitrogens with one attached hydrogen (secondary N) is 6. The van der Waals surface area contributed by atoms with Gasteiger partial charge in [-0.2, -0.15) is 0 Å². The van der Waals surface area contributed by atoms with E-state index in [2.05, 4.69) is 41.9 Å². The molecule has 0 radical (unpaired) electrons. The number of carboxylic acids is 1. The van der Waals surface area contributed by atoms with E-state index in [-0.39, 0.29) is 68.2 Å². The number of rotatable bonds is 16. The first-order valence-electron chi connectivity index (χ1n) is 39.1. The average Bonchev–Trinajstić information content (AvgIpc) is 1.58. The fraction of sp³-hybridized carbons (Fsp3) is 0.531. The highest BCUT2D eigenvalue weighted by Crippen LogP contribution is 2.48. The van der Waals surface area contributed by atoms with Crippen molar-refractivity contribution >= 4 is 114 Å². The van der Waals surface area contributed by atoms with Crippen LogP contribution in [0.4, 0.5) is 19.9 Å². The number of carbonyl (C=O) groups excluding carboxylic acids is 9. The van der Waals surface area contributed by atoms with Crippen LogP contribution in [0.25, 0.3) is 44.6 Å². The molecule has 10 atom stereocenters. The Hall–Kier alpha value is -10.5. The zero-order chi connectivity index (χ0) is 79.8. The lowest BCUT2D eigenvalue weighted by Crippen LogP contribution is -2.56. The van der Waals surface area contributed by atoms with E-state index in [0.717, 1.165) is 101 Å². The monoisotopic (exact) mass is 1590 g/mol. The van der Waals surface area contributed by atoms with Crippen LogP contribution in [-0.2, 0) is 52.6 Å². The molecule has 8 heterocycles. The first kappa shape index (κ1) is 80.5. The number of allylic oxidation sites excluding steroid dienone is 2. The van der Waals surface area contributed by atoms with Crippen molar-refractivity contribution in [1.82, 2.24) is 51.0 Å². The standard InChI is InChI=1S/C41H50N6O9S.C40H48N6O9S/c1-23-33(53-3)17-16-28-34(19-30(43-35(23)28)31-22-57-39(44-31)42-24(2)48)55-27-18-32-36(49)46-41(38(51)54-4)20-25(41)12-8-6-5-7-9-15-29(37(50)47(32)21-27)45-40(52)56-26-13-10-11-14-26;1-22-32(53-3)16-15-27-33(18-29(42-34(22)27)30-21-56-38(43-30)41-23(2)47)54-26-17-31-35(48)45-40(37(50)51)19-24(40)11-7-5-4-6-8-14-28(36(49)46(31)20-26)44-39(52)55-25-12-9-10-13-25/h8,12,16-17,19,22,25-27,29,32H,5-7,9-11,13-15,18,20-21H2,1-4H3,(H,45,52)(H,46,49)(H,42,44,48);7,11,15-16,18,21,24-26,28,31H,4-6,8-10,12-14,17,19-20H2,1-3H3,(H,44,52)(H,45,48)(H,50,51)(H,41,43,47)/b12-8-;11-7-/t25?,27-,29+,32+,41-;24?,26-,28+,31+,40-/m11/s1. The molecular weight excluding hydrogens is 1490 g/mol. The van der Waals surface area contributed by atoms with Crippen LogP contribution in [0.3, 0.4) is 0 Å². The number of thiazole rings is 2. The molecule has 0 bridgehead atoms. The van der Waals surface area contributed by atoms with E-state index in [4.69, 9.17) is 43.1 Å². The lowest BCUT2D eigenvalue weighted by Gasteiger charge is -2.29. The number of aryl methyl sites for hydroxylation is 2. The summed E-state index contributed by atoms with van der Waals surface area (Å²) in [6, 6.07) is 6.80. The Kier molecular flexibility index (Phi) is 25.1. The summed E-state index contributed by atoms with van der Waals surface area (Å²) in [4.78, 5) is 155. The lowest BCUT2D eigenvalue weighted by molar-refractivity contribution is -0.148. The molecule has 6 aromatic rings. The van der Waals surface area contributed by atoms with Gasteiger partial charge in [-0.05, 0) is 141 Å². The molecule has 30 nitrogen and oxygen atoms in total. The van der Waals surface area contributed by atoms with Crippen molar-refractivity contribution in [1.29, 1.82) is 0 Å². The van der Waals surface area contributed by atoms with Crippen LogP contribution < -0.4 is 50.8 Å². The van der Waals surface area contributed by atoms with Crippen LogP contribution in [0.5, 0.6) is 23.0 Å². The van der Waals surface area contributed by atoms with Gasteiger partial charge in [-0.1, -0.05) is 50.0 Å². The third kappa shape index (κ3) is 18.4. The van der Waals surface area contributed by atoms with E-state index < -0.39 is 95.2 Å². The largest absolute Gasteiger partial charge is 0.496 e. The number of esters is 1. The molecule has 8 amide bonds. The van der Waals surface area contributed by atoms with Gasteiger partial charge in [-0.15, -0.1) is 22.7 Å². The Morgan fingerprint density at radius 1 is 0.522 bits per heavy atom. The number of alkyl carbamates (subject to hydrolysis) is 2. The zero-order valence-corrected chi connectivity index (χ0v) is 66.2. The maximum absolute atomic E-state index is 14.6. The number of aromatic nitrogens is 4. The van der Waals surface area contributed by atoms with Crippen LogP contribution in [0.15, 0.2) is 71.5 Å². The van der Waals surface area contributed by atoms with E-state index in [1.807, 2.05) is 62.4 Å². The second-order valence-corrected chi connectivity index (χ2v) is 32.2. The summed E-state index contributed by atoms with van der Waals surface area (Å²) in [5.74, 6) is -2.66. The summed E-state index contributed by atoms with van der Waals surface area (Å²) in [5, 5.41) is 32.9. The SMILES string of the molecule is COC(=O)[C@@]12CC1/C=C\CCCCC[C@H](NC(=O)OC1CCCC1)C(=O)N1C[C@H](Oc3cc(-c4csc(NC(C)=O)n4)nc4c(C)c(OC)ccc34)C[C@H]1C(=O)N2.COc1ccc2c(O[C@@H]3C[C@H]4C(=O)N[C@]5(C(=O)O)CC5/C=C\CCCCC[C@H](NC(=O)OC5CCCC5)C(=O)N4C3)cc(-c3csc(NC(C)=O)n3)nc2c1C. The molecule has 4 aromatic heterocycles. The highest BCUT2D eigenvalue weighted by atomic mass is 32.1. The third-order valence-corrected chi connectivity index (χ3v) is 24.1. The summed E-state index contributed by atoms with van der Waals surface area (Å²) < 4.78 is 41.2. The van der Waals surface area contributed by atoms with Crippen molar-refractivity contribution in [2.24, 2.45) is 11.8 Å². The smallest absolute Gasteiger partial charge is 0.408 e. The molecule has 4 aliphatic carbocycles.